The van der Waals surface area contributed by atoms with Crippen molar-refractivity contribution in [3.05, 3.63) is 58.7 Å². The fourth-order valence-electron chi connectivity index (χ4n) is 5.18. The van der Waals surface area contributed by atoms with Crippen molar-refractivity contribution in [1.29, 1.82) is 0 Å². The summed E-state index contributed by atoms with van der Waals surface area (Å²) in [6.07, 6.45) is 6.14. The van der Waals surface area contributed by atoms with E-state index in [9.17, 15) is 4.79 Å². The summed E-state index contributed by atoms with van der Waals surface area (Å²) in [4.78, 5) is 12.6. The lowest BCUT2D eigenvalue weighted by Gasteiger charge is -2.55. The van der Waals surface area contributed by atoms with Crippen LogP contribution in [0.15, 0.2) is 41.3 Å². The second-order valence-corrected chi connectivity index (χ2v) is 12.6. The highest BCUT2D eigenvalue weighted by molar-refractivity contribution is 8.00. The minimum absolute atomic E-state index is 0.0295. The van der Waals surface area contributed by atoms with Crippen molar-refractivity contribution in [2.75, 3.05) is 10.8 Å². The molecule has 1 heterocycles. The zero-order chi connectivity index (χ0) is 25.3. The van der Waals surface area contributed by atoms with E-state index >= 15 is 0 Å². The van der Waals surface area contributed by atoms with Gasteiger partial charge in [0, 0.05) is 22.5 Å². The molecule has 34 heavy (non-hydrogen) atoms. The molecule has 0 atom stereocenters. The monoisotopic (exact) mass is 481 g/mol. The Morgan fingerprint density at radius 1 is 0.971 bits per heavy atom. The number of anilines is 1. The third kappa shape index (κ3) is 5.31. The zero-order valence-electron chi connectivity index (χ0n) is 22.1. The summed E-state index contributed by atoms with van der Waals surface area (Å²) in [5.74, 6) is -0.371. The van der Waals surface area contributed by atoms with Crippen LogP contribution >= 0.6 is 11.9 Å². The van der Waals surface area contributed by atoms with Crippen LogP contribution in [0.3, 0.4) is 0 Å². The predicted octanol–water partition coefficient (Wildman–Crippen LogP) is 6.80. The number of benzene rings is 2. The third-order valence-corrected chi connectivity index (χ3v) is 9.82. The van der Waals surface area contributed by atoms with Crippen LogP contribution in [0, 0.1) is 24.7 Å². The van der Waals surface area contributed by atoms with Gasteiger partial charge in [0.1, 0.15) is 0 Å². The van der Waals surface area contributed by atoms with Crippen LogP contribution in [0.5, 0.6) is 0 Å². The first kappa shape index (κ1) is 26.6. The van der Waals surface area contributed by atoms with E-state index < -0.39 is 0 Å². The first-order chi connectivity index (χ1) is 15.8. The number of para-hydroxylation sites is 1. The van der Waals surface area contributed by atoms with Crippen LogP contribution in [0.2, 0.25) is 0 Å². The molecule has 1 saturated carbocycles. The van der Waals surface area contributed by atoms with Crippen molar-refractivity contribution in [3.63, 3.8) is 0 Å². The van der Waals surface area contributed by atoms with Gasteiger partial charge in [-0.15, -0.1) is 0 Å². The Bertz CT molecular complexity index is 1020. The molecule has 2 aromatic rings. The van der Waals surface area contributed by atoms with E-state index in [4.69, 9.17) is 11.5 Å². The Balaban J connectivity index is 0.000000229. The van der Waals surface area contributed by atoms with E-state index in [0.29, 0.717) is 5.56 Å². The van der Waals surface area contributed by atoms with E-state index in [1.165, 1.54) is 36.1 Å². The molecule has 1 fully saturated rings. The Morgan fingerprint density at radius 3 is 2.18 bits per heavy atom. The van der Waals surface area contributed by atoms with Gasteiger partial charge < -0.3 is 15.8 Å². The van der Waals surface area contributed by atoms with Crippen molar-refractivity contribution in [2.24, 2.45) is 22.3 Å². The number of carbonyl (C=O) groups excluding carboxylic acids is 1. The second-order valence-electron chi connectivity index (χ2n) is 11.5. The molecule has 2 aromatic carbocycles. The van der Waals surface area contributed by atoms with Crippen molar-refractivity contribution < 1.29 is 4.79 Å². The molecule has 0 unspecified atom stereocenters. The highest BCUT2D eigenvalue weighted by atomic mass is 32.2. The quantitative estimate of drug-likeness (QED) is 0.473. The maximum atomic E-state index is 11.5. The molecule has 0 bridgehead atoms. The van der Waals surface area contributed by atoms with Gasteiger partial charge in [0.25, 0.3) is 0 Å². The number of amides is 1. The van der Waals surface area contributed by atoms with E-state index in [2.05, 4.69) is 70.1 Å². The largest absolute Gasteiger partial charge is 0.366 e. The van der Waals surface area contributed by atoms with Gasteiger partial charge in [-0.05, 0) is 104 Å². The lowest BCUT2D eigenvalue weighted by molar-refractivity contribution is -0.00297. The number of nitrogens with two attached hydrogens (primary N) is 2. The Hall–Kier alpha value is -1.98. The maximum Gasteiger partial charge on any atom is 0.248 e. The van der Waals surface area contributed by atoms with Crippen molar-refractivity contribution in [1.82, 2.24) is 0 Å². The van der Waals surface area contributed by atoms with Crippen LogP contribution in [0.25, 0.3) is 0 Å². The fraction of sp³-hybridized carbons (Fsp3) is 0.552. The molecular weight excluding hydrogens is 438 g/mol. The molecule has 4 rings (SSSR count). The zero-order valence-corrected chi connectivity index (χ0v) is 22.9. The summed E-state index contributed by atoms with van der Waals surface area (Å²) in [6, 6.07) is 12.3. The lowest BCUT2D eigenvalue weighted by atomic mass is 9.53. The molecule has 5 heteroatoms. The molecular formula is C29H43N3OS. The molecule has 0 spiro atoms. The second kappa shape index (κ2) is 9.94. The van der Waals surface area contributed by atoms with Crippen LogP contribution in [-0.4, -0.2) is 18.0 Å². The molecule has 186 valence electrons. The van der Waals surface area contributed by atoms with Crippen LogP contribution in [0.1, 0.15) is 87.4 Å². The molecule has 4 N–H and O–H groups in total. The molecule has 1 amide bonds. The molecule has 2 aliphatic rings. The Morgan fingerprint density at radius 2 is 1.59 bits per heavy atom. The van der Waals surface area contributed by atoms with Gasteiger partial charge in [0.05, 0.1) is 5.69 Å². The number of primary amides is 1. The molecule has 4 nitrogen and oxygen atoms in total. The fourth-order valence-corrected chi connectivity index (χ4v) is 6.40. The summed E-state index contributed by atoms with van der Waals surface area (Å²) < 4.78 is 2.32. The van der Waals surface area contributed by atoms with Gasteiger partial charge in [-0.1, -0.05) is 52.3 Å². The molecule has 1 aliphatic heterocycles. The van der Waals surface area contributed by atoms with E-state index in [1.807, 2.05) is 19.1 Å². The molecule has 0 radical (unpaired) electrons. The van der Waals surface area contributed by atoms with Crippen LogP contribution in [0.4, 0.5) is 5.69 Å². The molecule has 1 aliphatic carbocycles. The molecule has 0 aromatic heterocycles. The summed E-state index contributed by atoms with van der Waals surface area (Å²) in [6.45, 7) is 16.5. The Kier molecular flexibility index (Phi) is 7.79. The van der Waals surface area contributed by atoms with Gasteiger partial charge >= 0.3 is 0 Å². The summed E-state index contributed by atoms with van der Waals surface area (Å²) in [5, 5.41) is 0. The standard InChI is InChI=1S/C18H20N2OS.C11H23N/c1-12-10-15(18(19)21)11-17(13(12)2)22-20-9-5-7-14-6-3-4-8-16(14)20;1-9(2)7-6-8-10(3,4)11(9,5)12/h3-4,6,8,10-11H,5,7,9H2,1-2H3,(H2,19,21);6-8,12H2,1-5H3. The number of hydrogen-bond donors (Lipinski definition) is 2. The van der Waals surface area contributed by atoms with E-state index in [-0.39, 0.29) is 22.3 Å². The van der Waals surface area contributed by atoms with Crippen molar-refractivity contribution >= 4 is 23.5 Å². The van der Waals surface area contributed by atoms with Crippen LogP contribution in [-0.2, 0) is 6.42 Å². The highest BCUT2D eigenvalue weighted by Crippen LogP contribution is 2.51. The first-order valence-electron chi connectivity index (χ1n) is 12.5. The van der Waals surface area contributed by atoms with Gasteiger partial charge in [-0.2, -0.15) is 0 Å². The van der Waals surface area contributed by atoms with Gasteiger partial charge in [0.15, 0.2) is 0 Å². The number of fused-ring (bicyclic) bond motifs is 1. The average Bonchev–Trinajstić information content (AvgIpc) is 2.76. The van der Waals surface area contributed by atoms with Crippen molar-refractivity contribution in [2.45, 2.75) is 91.0 Å². The van der Waals surface area contributed by atoms with Crippen LogP contribution < -0.4 is 15.8 Å². The smallest absolute Gasteiger partial charge is 0.248 e. The minimum atomic E-state index is -0.371. The van der Waals surface area contributed by atoms with E-state index in [0.717, 1.165) is 29.8 Å². The first-order valence-corrected chi connectivity index (χ1v) is 13.3. The minimum Gasteiger partial charge on any atom is -0.366 e. The van der Waals surface area contributed by atoms with Crippen molar-refractivity contribution in [3.8, 4) is 0 Å². The number of carbonyl (C=O) groups is 1. The number of aryl methyl sites for hydroxylation is 2. The SMILES string of the molecule is CC1(C)CCCC(C)(C)C1(C)N.Cc1cc(C(N)=O)cc(SN2CCCc3ccccc32)c1C. The maximum absolute atomic E-state index is 11.5. The summed E-state index contributed by atoms with van der Waals surface area (Å²) >= 11 is 1.71. The highest BCUT2D eigenvalue weighted by Gasteiger charge is 2.50. The summed E-state index contributed by atoms with van der Waals surface area (Å²) in [5.41, 5.74) is 18.0. The number of nitrogens with zero attached hydrogens (tertiary/aromatic N) is 1. The number of rotatable bonds is 3. The molecule has 0 saturated heterocycles. The van der Waals surface area contributed by atoms with Gasteiger partial charge in [0.2, 0.25) is 5.91 Å². The average molecular weight is 482 g/mol. The third-order valence-electron chi connectivity index (χ3n) is 8.60. The van der Waals surface area contributed by atoms with Gasteiger partial charge in [-0.25, -0.2) is 0 Å². The Labute approximate surface area is 211 Å². The number of hydrogen-bond acceptors (Lipinski definition) is 4. The van der Waals surface area contributed by atoms with E-state index in [1.54, 1.807) is 11.9 Å². The lowest BCUT2D eigenvalue weighted by Crippen LogP contribution is -2.62. The normalized spacial score (nSPS) is 20.1. The topological polar surface area (TPSA) is 72.3 Å². The van der Waals surface area contributed by atoms with Gasteiger partial charge in [-0.3, -0.25) is 4.79 Å². The summed E-state index contributed by atoms with van der Waals surface area (Å²) in [7, 11) is 0. The predicted molar refractivity (Wildman–Crippen MR) is 146 cm³/mol.